The fourth-order valence-corrected chi connectivity index (χ4v) is 3.21. The zero-order valence-corrected chi connectivity index (χ0v) is 13.5. The Kier molecular flexibility index (Phi) is 4.77. The summed E-state index contributed by atoms with van der Waals surface area (Å²) < 4.78 is 1.86. The number of carbonyl (C=O) groups is 1. The van der Waals surface area contributed by atoms with Crippen molar-refractivity contribution < 1.29 is 4.79 Å². The number of thioether (sulfide) groups is 1. The van der Waals surface area contributed by atoms with Gasteiger partial charge < -0.3 is 4.90 Å². The van der Waals surface area contributed by atoms with Gasteiger partial charge in [0.25, 0.3) is 0 Å². The first-order valence-electron chi connectivity index (χ1n) is 7.53. The maximum absolute atomic E-state index is 12.3. The van der Waals surface area contributed by atoms with E-state index in [-0.39, 0.29) is 11.9 Å². The van der Waals surface area contributed by atoms with Crippen LogP contribution < -0.4 is 0 Å². The Morgan fingerprint density at radius 2 is 2.18 bits per heavy atom. The van der Waals surface area contributed by atoms with Crippen molar-refractivity contribution >= 4 is 17.7 Å². The molecule has 0 saturated carbocycles. The highest BCUT2D eigenvalue weighted by molar-refractivity contribution is 7.98. The number of aryl methyl sites for hydroxylation is 1. The summed E-state index contributed by atoms with van der Waals surface area (Å²) in [5, 5.41) is 7.86. The molecule has 1 aliphatic rings. The van der Waals surface area contributed by atoms with Crippen LogP contribution in [-0.2, 0) is 11.2 Å². The van der Waals surface area contributed by atoms with Crippen molar-refractivity contribution in [1.29, 1.82) is 0 Å². The second-order valence-corrected chi connectivity index (χ2v) is 6.39. The Morgan fingerprint density at radius 3 is 2.86 bits per heavy atom. The first kappa shape index (κ1) is 15.1. The van der Waals surface area contributed by atoms with Gasteiger partial charge in [0.05, 0.1) is 12.2 Å². The van der Waals surface area contributed by atoms with Gasteiger partial charge in [-0.1, -0.05) is 17.3 Å². The maximum atomic E-state index is 12.3. The summed E-state index contributed by atoms with van der Waals surface area (Å²) in [6.45, 7) is 1.56. The zero-order chi connectivity index (χ0) is 15.4. The highest BCUT2D eigenvalue weighted by Crippen LogP contribution is 2.21. The summed E-state index contributed by atoms with van der Waals surface area (Å²) in [6.07, 6.45) is 7.95. The van der Waals surface area contributed by atoms with Crippen LogP contribution in [0.15, 0.2) is 41.6 Å². The average molecular weight is 316 g/mol. The van der Waals surface area contributed by atoms with Gasteiger partial charge in [-0.25, -0.2) is 4.68 Å². The number of likely N-dealkylation sites (tertiary alicyclic amines) is 1. The topological polar surface area (TPSA) is 51.0 Å². The summed E-state index contributed by atoms with van der Waals surface area (Å²) in [5.41, 5.74) is 1.22. The minimum atomic E-state index is 0.233. The number of amides is 1. The number of hydrogen-bond donors (Lipinski definition) is 0. The van der Waals surface area contributed by atoms with Crippen LogP contribution in [0.25, 0.3) is 0 Å². The fourth-order valence-electron chi connectivity index (χ4n) is 2.80. The predicted octanol–water partition coefficient (Wildman–Crippen LogP) is 2.41. The number of nitrogens with zero attached hydrogens (tertiary/aromatic N) is 4. The SMILES string of the molecule is CSc1ccc(CCC(=O)N2CC[C@H](n3ccnn3)C2)cc1. The molecule has 1 aromatic carbocycles. The van der Waals surface area contributed by atoms with Crippen LogP contribution in [0.2, 0.25) is 0 Å². The summed E-state index contributed by atoms with van der Waals surface area (Å²) >= 11 is 1.73. The number of aromatic nitrogens is 3. The first-order chi connectivity index (χ1) is 10.8. The van der Waals surface area contributed by atoms with Crippen LogP contribution in [0, 0.1) is 0 Å². The van der Waals surface area contributed by atoms with Crippen molar-refractivity contribution in [3.05, 3.63) is 42.2 Å². The first-order valence-corrected chi connectivity index (χ1v) is 8.75. The fraction of sp³-hybridized carbons (Fsp3) is 0.438. The van der Waals surface area contributed by atoms with Gasteiger partial charge in [-0.05, 0) is 36.8 Å². The van der Waals surface area contributed by atoms with E-state index in [2.05, 4.69) is 40.8 Å². The molecule has 1 aromatic heterocycles. The van der Waals surface area contributed by atoms with Gasteiger partial charge in [0, 0.05) is 30.6 Å². The standard InChI is InChI=1S/C16H20N4OS/c1-22-15-5-2-13(3-6-15)4-7-16(21)19-10-8-14(12-19)20-11-9-17-18-20/h2-3,5-6,9,11,14H,4,7-8,10,12H2,1H3/t14-/m0/s1. The van der Waals surface area contributed by atoms with E-state index in [1.807, 2.05) is 15.8 Å². The third kappa shape index (κ3) is 3.50. The lowest BCUT2D eigenvalue weighted by Crippen LogP contribution is -2.29. The number of benzene rings is 1. The molecule has 2 heterocycles. The Labute approximate surface area is 134 Å². The Morgan fingerprint density at radius 1 is 1.36 bits per heavy atom. The van der Waals surface area contributed by atoms with Crippen LogP contribution in [0.3, 0.4) is 0 Å². The van der Waals surface area contributed by atoms with Crippen molar-refractivity contribution in [2.24, 2.45) is 0 Å². The number of carbonyl (C=O) groups excluding carboxylic acids is 1. The molecule has 5 nitrogen and oxygen atoms in total. The molecule has 3 rings (SSSR count). The van der Waals surface area contributed by atoms with Gasteiger partial charge in [0.1, 0.15) is 0 Å². The summed E-state index contributed by atoms with van der Waals surface area (Å²) in [7, 11) is 0. The molecule has 22 heavy (non-hydrogen) atoms. The van der Waals surface area contributed by atoms with Crippen LogP contribution in [0.1, 0.15) is 24.4 Å². The number of rotatable bonds is 5. The monoisotopic (exact) mass is 316 g/mol. The molecular formula is C16H20N4OS. The van der Waals surface area contributed by atoms with Crippen molar-refractivity contribution in [2.75, 3.05) is 19.3 Å². The smallest absolute Gasteiger partial charge is 0.222 e. The largest absolute Gasteiger partial charge is 0.340 e. The molecular weight excluding hydrogens is 296 g/mol. The molecule has 1 amide bonds. The maximum Gasteiger partial charge on any atom is 0.222 e. The van der Waals surface area contributed by atoms with Gasteiger partial charge >= 0.3 is 0 Å². The molecule has 0 N–H and O–H groups in total. The highest BCUT2D eigenvalue weighted by Gasteiger charge is 2.27. The molecule has 0 radical (unpaired) electrons. The quantitative estimate of drug-likeness (QED) is 0.795. The van der Waals surface area contributed by atoms with E-state index in [9.17, 15) is 4.79 Å². The lowest BCUT2D eigenvalue weighted by Gasteiger charge is -2.16. The van der Waals surface area contributed by atoms with E-state index >= 15 is 0 Å². The minimum Gasteiger partial charge on any atom is -0.340 e. The average Bonchev–Trinajstić information content (AvgIpc) is 3.23. The lowest BCUT2D eigenvalue weighted by atomic mass is 10.1. The van der Waals surface area contributed by atoms with Crippen LogP contribution in [0.4, 0.5) is 0 Å². The van der Waals surface area contributed by atoms with Crippen LogP contribution >= 0.6 is 11.8 Å². The Balaban J connectivity index is 1.50. The molecule has 0 bridgehead atoms. The molecule has 0 unspecified atom stereocenters. The normalized spacial score (nSPS) is 17.9. The third-order valence-corrected chi connectivity index (χ3v) is 4.86. The van der Waals surface area contributed by atoms with E-state index in [0.29, 0.717) is 6.42 Å². The van der Waals surface area contributed by atoms with E-state index in [0.717, 1.165) is 25.9 Å². The summed E-state index contributed by atoms with van der Waals surface area (Å²) in [5.74, 6) is 0.233. The van der Waals surface area contributed by atoms with E-state index < -0.39 is 0 Å². The van der Waals surface area contributed by atoms with Crippen molar-refractivity contribution in [2.45, 2.75) is 30.2 Å². The van der Waals surface area contributed by atoms with Crippen molar-refractivity contribution in [1.82, 2.24) is 19.9 Å². The van der Waals surface area contributed by atoms with Gasteiger partial charge in [-0.3, -0.25) is 4.79 Å². The second-order valence-electron chi connectivity index (χ2n) is 5.51. The molecule has 0 spiro atoms. The molecule has 1 saturated heterocycles. The third-order valence-electron chi connectivity index (χ3n) is 4.12. The van der Waals surface area contributed by atoms with Gasteiger partial charge in [0.2, 0.25) is 5.91 Å². The summed E-state index contributed by atoms with van der Waals surface area (Å²) in [4.78, 5) is 15.5. The molecule has 1 atom stereocenters. The van der Waals surface area contributed by atoms with E-state index in [1.54, 1.807) is 18.0 Å². The van der Waals surface area contributed by atoms with Gasteiger partial charge in [0.15, 0.2) is 0 Å². The van der Waals surface area contributed by atoms with E-state index in [4.69, 9.17) is 0 Å². The van der Waals surface area contributed by atoms with Gasteiger partial charge in [-0.15, -0.1) is 16.9 Å². The molecule has 116 valence electrons. The van der Waals surface area contributed by atoms with Crippen molar-refractivity contribution in [3.8, 4) is 0 Å². The summed E-state index contributed by atoms with van der Waals surface area (Å²) in [6, 6.07) is 8.72. The zero-order valence-electron chi connectivity index (χ0n) is 12.7. The van der Waals surface area contributed by atoms with Crippen molar-refractivity contribution in [3.63, 3.8) is 0 Å². The Hall–Kier alpha value is -1.82. The molecule has 2 aromatic rings. The van der Waals surface area contributed by atoms with Crippen LogP contribution in [0.5, 0.6) is 0 Å². The molecule has 1 fully saturated rings. The lowest BCUT2D eigenvalue weighted by molar-refractivity contribution is -0.130. The predicted molar refractivity (Wildman–Crippen MR) is 86.8 cm³/mol. The highest BCUT2D eigenvalue weighted by atomic mass is 32.2. The molecule has 6 heteroatoms. The Bertz CT molecular complexity index is 612. The molecule has 1 aliphatic heterocycles. The van der Waals surface area contributed by atoms with Crippen LogP contribution in [-0.4, -0.2) is 45.1 Å². The van der Waals surface area contributed by atoms with Gasteiger partial charge in [-0.2, -0.15) is 0 Å². The van der Waals surface area contributed by atoms with E-state index in [1.165, 1.54) is 10.5 Å². The number of hydrogen-bond acceptors (Lipinski definition) is 4. The second kappa shape index (κ2) is 6.96. The molecule has 0 aliphatic carbocycles. The minimum absolute atomic E-state index is 0.233.